The summed E-state index contributed by atoms with van der Waals surface area (Å²) in [4.78, 5) is 0. The van der Waals surface area contributed by atoms with Gasteiger partial charge >= 0.3 is 0 Å². The highest BCUT2D eigenvalue weighted by Crippen LogP contribution is 2.42. The molecule has 0 aliphatic heterocycles. The Morgan fingerprint density at radius 3 is 1.00 bits per heavy atom. The second-order valence-corrected chi connectivity index (χ2v) is 14.0. The van der Waals surface area contributed by atoms with Crippen LogP contribution in [0.25, 0.3) is 0 Å². The molecule has 0 fully saturated rings. The van der Waals surface area contributed by atoms with Crippen LogP contribution in [0.4, 0.5) is 0 Å². The Morgan fingerprint density at radius 2 is 0.719 bits per heavy atom. The molecule has 0 heterocycles. The minimum absolute atomic E-state index is 0.0948. The number of aliphatic hydroxyl groups is 1. The van der Waals surface area contributed by atoms with Gasteiger partial charge in [-0.1, -0.05) is 194 Å². The molecule has 0 bridgehead atoms. The minimum Gasteiger partial charge on any atom is -0.497 e. The van der Waals surface area contributed by atoms with E-state index in [-0.39, 0.29) is 12.7 Å². The third-order valence-corrected chi connectivity index (χ3v) is 9.85. The van der Waals surface area contributed by atoms with Crippen molar-refractivity contribution >= 4 is 0 Å². The molecular weight excluding hydrogens is 705 g/mol. The fourth-order valence-corrected chi connectivity index (χ4v) is 7.03. The van der Waals surface area contributed by atoms with Crippen molar-refractivity contribution in [3.63, 3.8) is 0 Å². The largest absolute Gasteiger partial charge is 0.497 e. The molecule has 0 aliphatic rings. The number of hydrogen-bond donors (Lipinski definition) is 1. The number of ether oxygens (including phenoxy) is 4. The summed E-state index contributed by atoms with van der Waals surface area (Å²) in [5.74, 6) is 0.841. The molecule has 57 heavy (non-hydrogen) atoms. The molecule has 0 aromatic heterocycles. The lowest BCUT2D eigenvalue weighted by Gasteiger charge is -2.36. The molecule has 2 atom stereocenters. The molecule has 290 valence electrons. The number of rotatable bonds is 16. The molecular formula is C52H52O5. The summed E-state index contributed by atoms with van der Waals surface area (Å²) in [6, 6.07) is 69.7. The van der Waals surface area contributed by atoms with Crippen molar-refractivity contribution in [2.45, 2.75) is 43.9 Å². The SMILES string of the molecule is CC(O)COC(c1ccccc1)(c1ccccc1)c1ccccc1.COc1ccc(COC(C)COC(c2ccccc2)(c2ccccc2)c2ccccc2)cc1. The second-order valence-electron chi connectivity index (χ2n) is 14.0. The highest BCUT2D eigenvalue weighted by Gasteiger charge is 2.39. The molecule has 0 saturated heterocycles. The van der Waals surface area contributed by atoms with Gasteiger partial charge in [-0.25, -0.2) is 0 Å². The van der Waals surface area contributed by atoms with Gasteiger partial charge in [-0.15, -0.1) is 0 Å². The lowest BCUT2D eigenvalue weighted by molar-refractivity contribution is -0.0630. The van der Waals surface area contributed by atoms with E-state index >= 15 is 0 Å². The van der Waals surface area contributed by atoms with E-state index in [1.807, 2.05) is 97.1 Å². The Labute approximate surface area is 338 Å². The topological polar surface area (TPSA) is 57.2 Å². The van der Waals surface area contributed by atoms with Crippen molar-refractivity contribution in [1.82, 2.24) is 0 Å². The van der Waals surface area contributed by atoms with E-state index in [1.165, 1.54) is 0 Å². The average Bonchev–Trinajstić information content (AvgIpc) is 3.29. The van der Waals surface area contributed by atoms with E-state index < -0.39 is 17.3 Å². The molecule has 0 spiro atoms. The van der Waals surface area contributed by atoms with Crippen LogP contribution in [-0.4, -0.2) is 37.6 Å². The highest BCUT2D eigenvalue weighted by molar-refractivity contribution is 5.49. The van der Waals surface area contributed by atoms with Crippen molar-refractivity contribution in [2.24, 2.45) is 0 Å². The maximum absolute atomic E-state index is 9.83. The Balaban J connectivity index is 0.000000203. The predicted octanol–water partition coefficient (Wildman–Crippen LogP) is 11.0. The summed E-state index contributed by atoms with van der Waals surface area (Å²) in [5.41, 5.74) is 6.01. The third-order valence-electron chi connectivity index (χ3n) is 9.85. The zero-order valence-electron chi connectivity index (χ0n) is 33.0. The fraction of sp³-hybridized carbons (Fsp3) is 0.192. The van der Waals surface area contributed by atoms with E-state index in [0.29, 0.717) is 13.2 Å². The Morgan fingerprint density at radius 1 is 0.421 bits per heavy atom. The maximum atomic E-state index is 9.83. The number of methoxy groups -OCH3 is 1. The zero-order chi connectivity index (χ0) is 39.8. The van der Waals surface area contributed by atoms with Crippen LogP contribution in [-0.2, 0) is 32.0 Å². The van der Waals surface area contributed by atoms with Crippen LogP contribution in [0.1, 0.15) is 52.8 Å². The van der Waals surface area contributed by atoms with Gasteiger partial charge in [-0.2, -0.15) is 0 Å². The van der Waals surface area contributed by atoms with Crippen LogP contribution < -0.4 is 4.74 Å². The molecule has 5 nitrogen and oxygen atoms in total. The molecule has 0 radical (unpaired) electrons. The zero-order valence-corrected chi connectivity index (χ0v) is 33.0. The van der Waals surface area contributed by atoms with Gasteiger partial charge in [0.25, 0.3) is 0 Å². The summed E-state index contributed by atoms with van der Waals surface area (Å²) in [6.07, 6.45) is -0.636. The van der Waals surface area contributed by atoms with Crippen LogP contribution in [0.15, 0.2) is 206 Å². The summed E-state index contributed by atoms with van der Waals surface area (Å²) in [6.45, 7) is 5.00. The molecule has 7 aromatic carbocycles. The van der Waals surface area contributed by atoms with Gasteiger partial charge in [0.05, 0.1) is 39.1 Å². The van der Waals surface area contributed by atoms with Crippen molar-refractivity contribution in [2.75, 3.05) is 20.3 Å². The van der Waals surface area contributed by atoms with Gasteiger partial charge in [0.2, 0.25) is 0 Å². The van der Waals surface area contributed by atoms with Gasteiger partial charge < -0.3 is 24.1 Å². The summed E-state index contributed by atoms with van der Waals surface area (Å²) in [7, 11) is 1.67. The molecule has 2 unspecified atom stereocenters. The van der Waals surface area contributed by atoms with Gasteiger partial charge in [-0.05, 0) is 64.9 Å². The highest BCUT2D eigenvalue weighted by atomic mass is 16.5. The quantitative estimate of drug-likeness (QED) is 0.0995. The molecule has 0 aliphatic carbocycles. The van der Waals surface area contributed by atoms with Crippen LogP contribution in [0.3, 0.4) is 0 Å². The third kappa shape index (κ3) is 10.1. The van der Waals surface area contributed by atoms with Crippen LogP contribution >= 0.6 is 0 Å². The van der Waals surface area contributed by atoms with Crippen molar-refractivity contribution < 1.29 is 24.1 Å². The first-order valence-corrected chi connectivity index (χ1v) is 19.5. The molecule has 7 aromatic rings. The summed E-state index contributed by atoms with van der Waals surface area (Å²) < 4.78 is 24.6. The first-order valence-electron chi connectivity index (χ1n) is 19.5. The van der Waals surface area contributed by atoms with Crippen molar-refractivity contribution in [3.8, 4) is 5.75 Å². The Kier molecular flexibility index (Phi) is 14.6. The lowest BCUT2D eigenvalue weighted by atomic mass is 9.80. The number of hydrogen-bond acceptors (Lipinski definition) is 5. The van der Waals surface area contributed by atoms with Crippen LogP contribution in [0.5, 0.6) is 5.75 Å². The van der Waals surface area contributed by atoms with Gasteiger partial charge in [0.1, 0.15) is 17.0 Å². The smallest absolute Gasteiger partial charge is 0.143 e. The van der Waals surface area contributed by atoms with E-state index in [2.05, 4.69) is 116 Å². The molecule has 7 rings (SSSR count). The van der Waals surface area contributed by atoms with Crippen LogP contribution in [0, 0.1) is 0 Å². The van der Waals surface area contributed by atoms with E-state index in [4.69, 9.17) is 18.9 Å². The first-order chi connectivity index (χ1) is 28.0. The summed E-state index contributed by atoms with van der Waals surface area (Å²) >= 11 is 0. The predicted molar refractivity (Wildman–Crippen MR) is 229 cm³/mol. The molecule has 0 saturated carbocycles. The number of aliphatic hydroxyl groups excluding tert-OH is 1. The van der Waals surface area contributed by atoms with Crippen molar-refractivity contribution in [1.29, 1.82) is 0 Å². The molecule has 1 N–H and O–H groups in total. The fourth-order valence-electron chi connectivity index (χ4n) is 7.03. The van der Waals surface area contributed by atoms with Gasteiger partial charge in [0, 0.05) is 0 Å². The van der Waals surface area contributed by atoms with Gasteiger partial charge in [-0.3, -0.25) is 0 Å². The Hall–Kier alpha value is -5.82. The molecule has 0 amide bonds. The van der Waals surface area contributed by atoms with E-state index in [1.54, 1.807) is 14.0 Å². The molecule has 5 heteroatoms. The average molecular weight is 757 g/mol. The van der Waals surface area contributed by atoms with E-state index in [0.717, 1.165) is 44.7 Å². The lowest BCUT2D eigenvalue weighted by Crippen LogP contribution is -2.35. The summed E-state index contributed by atoms with van der Waals surface area (Å²) in [5, 5.41) is 9.83. The number of benzene rings is 7. The van der Waals surface area contributed by atoms with Crippen LogP contribution in [0.2, 0.25) is 0 Å². The minimum atomic E-state index is -0.749. The normalized spacial score (nSPS) is 12.5. The van der Waals surface area contributed by atoms with E-state index in [9.17, 15) is 5.11 Å². The van der Waals surface area contributed by atoms with Crippen molar-refractivity contribution in [3.05, 3.63) is 245 Å². The standard InChI is InChI=1S/C30H30O3.C22H22O2/c1-24(32-23-25-18-20-29(31-2)21-19-25)22-33-30(26-12-6-3-7-13-26,27-14-8-4-9-15-27)28-16-10-5-11-17-28;1-18(23)17-24-22(19-11-5-2-6-12-19,20-13-7-3-8-14-20)21-15-9-4-10-16-21/h3-21,24H,22-23H2,1-2H3;2-16,18,23H,17H2,1H3. The second kappa shape index (κ2) is 20.4. The Bertz CT molecular complexity index is 1950. The first kappa shape index (κ1) is 40.8. The van der Waals surface area contributed by atoms with Gasteiger partial charge in [0.15, 0.2) is 0 Å². The maximum Gasteiger partial charge on any atom is 0.143 e. The monoisotopic (exact) mass is 756 g/mol.